The number of aliphatic hydroxyl groups is 1. The molecule has 1 spiro atoms. The van der Waals surface area contributed by atoms with Crippen molar-refractivity contribution >= 4 is 42.4 Å². The van der Waals surface area contributed by atoms with Crippen LogP contribution in [0.2, 0.25) is 18.6 Å². The second-order valence-electron chi connectivity index (χ2n) is 14.0. The summed E-state index contributed by atoms with van der Waals surface area (Å²) < 4.78 is 12.6. The number of rotatable bonds is 10. The van der Waals surface area contributed by atoms with Crippen LogP contribution < -0.4 is 19.7 Å². The van der Waals surface area contributed by atoms with E-state index in [1.807, 2.05) is 65.6 Å². The van der Waals surface area contributed by atoms with Crippen LogP contribution in [0.3, 0.4) is 0 Å². The molecule has 3 amide bonds. The van der Waals surface area contributed by atoms with Crippen molar-refractivity contribution < 1.29 is 29.0 Å². The average Bonchev–Trinajstić information content (AvgIpc) is 3.50. The highest BCUT2D eigenvalue weighted by Gasteiger charge is 2.66. The first-order chi connectivity index (χ1) is 23.0. The normalized spacial score (nSPS) is 23.9. The quantitative estimate of drug-likeness (QED) is 0.311. The maximum Gasteiger partial charge on any atom is 0.264 e. The van der Waals surface area contributed by atoms with Gasteiger partial charge in [0.25, 0.3) is 5.91 Å². The molecule has 0 unspecified atom stereocenters. The fourth-order valence-corrected chi connectivity index (χ4v) is 12.4. The van der Waals surface area contributed by atoms with Crippen LogP contribution in [0.1, 0.15) is 43.7 Å². The Hall–Kier alpha value is -3.99. The summed E-state index contributed by atoms with van der Waals surface area (Å²) in [6, 6.07) is 23.7. The highest BCUT2D eigenvalue weighted by molar-refractivity contribution is 6.91. The van der Waals surface area contributed by atoms with Crippen LogP contribution in [0.15, 0.2) is 72.8 Å². The maximum absolute atomic E-state index is 14.5. The third-order valence-electron chi connectivity index (χ3n) is 10.9. The monoisotopic (exact) mass is 669 g/mol. The summed E-state index contributed by atoms with van der Waals surface area (Å²) in [5.41, 5.74) is 1.84. The lowest BCUT2D eigenvalue weighted by Gasteiger charge is -2.37. The zero-order chi connectivity index (χ0) is 34.2. The molecule has 0 radical (unpaired) electrons. The SMILES string of the molecule is COc1ccc([Si](C)(C)[C@@H]2[C@@H](CC(=O)N(CCO)Cc3ccccc3)O[C@]3(C(=O)N(C)c4ccc(N5CCCCC5=O)cc43)[C@H]2C)cc1. The third kappa shape index (κ3) is 5.84. The largest absolute Gasteiger partial charge is 0.497 e. The molecule has 2 fully saturated rings. The highest BCUT2D eigenvalue weighted by Crippen LogP contribution is 2.60. The molecule has 254 valence electrons. The van der Waals surface area contributed by atoms with Crippen LogP contribution in [-0.4, -0.2) is 75.8 Å². The Morgan fingerprint density at radius 2 is 1.79 bits per heavy atom. The van der Waals surface area contributed by atoms with Crippen molar-refractivity contribution in [3.8, 4) is 5.75 Å². The summed E-state index contributed by atoms with van der Waals surface area (Å²) in [6.45, 7) is 7.73. The molecule has 3 aliphatic rings. The van der Waals surface area contributed by atoms with Gasteiger partial charge in [0.2, 0.25) is 11.8 Å². The Morgan fingerprint density at radius 3 is 2.46 bits per heavy atom. The first-order valence-corrected chi connectivity index (χ1v) is 20.1. The number of piperidine rings is 1. The number of fused-ring (bicyclic) bond motifs is 2. The summed E-state index contributed by atoms with van der Waals surface area (Å²) in [4.78, 5) is 46.9. The summed E-state index contributed by atoms with van der Waals surface area (Å²) in [5, 5.41) is 11.1. The van der Waals surface area contributed by atoms with Crippen LogP contribution in [0.5, 0.6) is 5.75 Å². The Kier molecular flexibility index (Phi) is 9.52. The molecular formula is C38H47N3O6Si. The first kappa shape index (κ1) is 33.9. The minimum Gasteiger partial charge on any atom is -0.497 e. The number of hydrogen-bond donors (Lipinski definition) is 1. The number of aliphatic hydroxyl groups excluding tert-OH is 1. The predicted molar refractivity (Wildman–Crippen MR) is 189 cm³/mol. The van der Waals surface area contributed by atoms with Gasteiger partial charge in [0.1, 0.15) is 5.75 Å². The van der Waals surface area contributed by atoms with Gasteiger partial charge in [-0.05, 0) is 54.3 Å². The highest BCUT2D eigenvalue weighted by atomic mass is 28.3. The fourth-order valence-electron chi connectivity index (χ4n) is 8.37. The van der Waals surface area contributed by atoms with E-state index >= 15 is 0 Å². The number of carbonyl (C=O) groups is 3. The Bertz CT molecular complexity index is 1660. The number of benzene rings is 3. The molecule has 3 aromatic rings. The van der Waals surface area contributed by atoms with E-state index in [0.717, 1.165) is 41.1 Å². The lowest BCUT2D eigenvalue weighted by atomic mass is 9.82. The minimum absolute atomic E-state index is 0.0762. The molecule has 0 bridgehead atoms. The van der Waals surface area contributed by atoms with Crippen LogP contribution in [0.4, 0.5) is 11.4 Å². The Morgan fingerprint density at radius 1 is 1.06 bits per heavy atom. The average molecular weight is 670 g/mol. The van der Waals surface area contributed by atoms with Crippen molar-refractivity contribution in [1.82, 2.24) is 4.90 Å². The van der Waals surface area contributed by atoms with E-state index in [2.05, 4.69) is 32.2 Å². The standard InChI is InChI=1S/C38H47N3O6Si/c1-26-36(48(4,5)30-17-15-29(46-3)16-18-30)33(24-35(44)40(21-22-42)25-27-11-7-6-8-12-27)47-38(26)31-23-28(41-20-10-9-13-34(41)43)14-19-32(31)39(2)37(38)45/h6-8,11-12,14-19,23,26,33,36,42H,9-10,13,20-22,24-25H2,1-5H3/t26-,33+,36-,38+/m0/s1. The molecule has 3 aliphatic heterocycles. The Balaban J connectivity index is 1.42. The van der Waals surface area contributed by atoms with E-state index in [1.165, 1.54) is 5.19 Å². The summed E-state index contributed by atoms with van der Waals surface area (Å²) >= 11 is 0. The molecule has 0 aromatic heterocycles. The molecule has 10 heteroatoms. The van der Waals surface area contributed by atoms with Crippen molar-refractivity contribution in [3.05, 3.63) is 83.9 Å². The molecule has 3 heterocycles. The number of anilines is 2. The van der Waals surface area contributed by atoms with Crippen molar-refractivity contribution in [2.24, 2.45) is 5.92 Å². The molecule has 9 nitrogen and oxygen atoms in total. The van der Waals surface area contributed by atoms with E-state index in [0.29, 0.717) is 19.5 Å². The van der Waals surface area contributed by atoms with Crippen LogP contribution in [0.25, 0.3) is 0 Å². The number of amides is 3. The number of carbonyl (C=O) groups excluding carboxylic acids is 3. The third-order valence-corrected chi connectivity index (χ3v) is 15.3. The van der Waals surface area contributed by atoms with Crippen molar-refractivity contribution in [2.75, 3.05) is 43.7 Å². The lowest BCUT2D eigenvalue weighted by molar-refractivity contribution is -0.149. The molecule has 48 heavy (non-hydrogen) atoms. The second-order valence-corrected chi connectivity index (χ2v) is 18.6. The summed E-state index contributed by atoms with van der Waals surface area (Å²) in [7, 11) is 0.964. The zero-order valence-corrected chi connectivity index (χ0v) is 29.6. The summed E-state index contributed by atoms with van der Waals surface area (Å²) in [6.07, 6.45) is 1.84. The maximum atomic E-state index is 14.5. The predicted octanol–water partition coefficient (Wildman–Crippen LogP) is 4.82. The molecular weight excluding hydrogens is 623 g/mol. The van der Waals surface area contributed by atoms with Crippen molar-refractivity contribution in [1.29, 1.82) is 0 Å². The molecule has 2 saturated heterocycles. The number of nitrogens with zero attached hydrogens (tertiary/aromatic N) is 3. The van der Waals surface area contributed by atoms with Crippen molar-refractivity contribution in [3.63, 3.8) is 0 Å². The van der Waals surface area contributed by atoms with E-state index < -0.39 is 19.8 Å². The van der Waals surface area contributed by atoms with Gasteiger partial charge in [0.05, 0.1) is 40.0 Å². The Labute approximate surface area is 284 Å². The minimum atomic E-state index is -2.46. The van der Waals surface area contributed by atoms with Crippen LogP contribution in [0, 0.1) is 5.92 Å². The molecule has 3 aromatic carbocycles. The first-order valence-electron chi connectivity index (χ1n) is 17.0. The second kappa shape index (κ2) is 13.5. The smallest absolute Gasteiger partial charge is 0.264 e. The topological polar surface area (TPSA) is 99.6 Å². The van der Waals surface area contributed by atoms with Gasteiger partial charge < -0.3 is 29.3 Å². The molecule has 0 aliphatic carbocycles. The molecule has 6 rings (SSSR count). The van der Waals surface area contributed by atoms with Gasteiger partial charge >= 0.3 is 0 Å². The fraction of sp³-hybridized carbons (Fsp3) is 0.447. The molecule has 1 N–H and O–H groups in total. The molecule has 0 saturated carbocycles. The van der Waals surface area contributed by atoms with Gasteiger partial charge in [0, 0.05) is 50.3 Å². The molecule has 4 atom stereocenters. The van der Waals surface area contributed by atoms with E-state index in [9.17, 15) is 19.5 Å². The van der Waals surface area contributed by atoms with Crippen LogP contribution in [-0.2, 0) is 31.3 Å². The van der Waals surface area contributed by atoms with Gasteiger partial charge in [0.15, 0.2) is 5.60 Å². The van der Waals surface area contributed by atoms with E-state index in [-0.39, 0.29) is 48.8 Å². The van der Waals surface area contributed by atoms with Gasteiger partial charge in [-0.2, -0.15) is 0 Å². The number of hydrogen-bond acceptors (Lipinski definition) is 6. The van der Waals surface area contributed by atoms with Gasteiger partial charge in [-0.3, -0.25) is 14.4 Å². The van der Waals surface area contributed by atoms with Gasteiger partial charge in [-0.25, -0.2) is 0 Å². The van der Waals surface area contributed by atoms with E-state index in [4.69, 9.17) is 9.47 Å². The van der Waals surface area contributed by atoms with Crippen molar-refractivity contribution in [2.45, 2.75) is 69.5 Å². The van der Waals surface area contributed by atoms with Crippen LogP contribution >= 0.6 is 0 Å². The zero-order valence-electron chi connectivity index (χ0n) is 28.6. The number of methoxy groups -OCH3 is 1. The number of likely N-dealkylation sites (N-methyl/N-ethyl adjacent to an activating group) is 1. The van der Waals surface area contributed by atoms with E-state index in [1.54, 1.807) is 24.0 Å². The van der Waals surface area contributed by atoms with Gasteiger partial charge in [-0.15, -0.1) is 0 Å². The summed E-state index contributed by atoms with van der Waals surface area (Å²) in [5.74, 6) is 0.305. The lowest BCUT2D eigenvalue weighted by Crippen LogP contribution is -2.52. The number of ether oxygens (including phenoxy) is 2. The van der Waals surface area contributed by atoms with Gasteiger partial charge in [-0.1, -0.05) is 67.7 Å².